The van der Waals surface area contributed by atoms with Crippen molar-refractivity contribution in [1.82, 2.24) is 20.0 Å². The molecule has 1 aromatic carbocycles. The maximum Gasteiger partial charge on any atom is 0.434 e. The van der Waals surface area contributed by atoms with Crippen molar-refractivity contribution in [3.05, 3.63) is 48.5 Å². The molecule has 2 atom stereocenters. The molecule has 10 nitrogen and oxygen atoms in total. The molecule has 0 radical (unpaired) electrons. The van der Waals surface area contributed by atoms with Crippen molar-refractivity contribution in [2.24, 2.45) is 0 Å². The molecule has 2 aliphatic rings. The number of hydrogen-bond acceptors (Lipinski definition) is 9. The highest BCUT2D eigenvalue weighted by Crippen LogP contribution is 2.34. The van der Waals surface area contributed by atoms with Gasteiger partial charge in [0.1, 0.15) is 0 Å². The van der Waals surface area contributed by atoms with Crippen LogP contribution in [0.2, 0.25) is 0 Å². The van der Waals surface area contributed by atoms with Crippen molar-refractivity contribution in [2.75, 3.05) is 35.3 Å². The van der Waals surface area contributed by atoms with Crippen LogP contribution in [0.25, 0.3) is 11.3 Å². The molecule has 0 bridgehead atoms. The zero-order chi connectivity index (χ0) is 28.8. The summed E-state index contributed by atoms with van der Waals surface area (Å²) in [7, 11) is 0. The third kappa shape index (κ3) is 7.07. The number of carbonyl (C=O) groups is 1. The Morgan fingerprint density at radius 2 is 1.88 bits per heavy atom. The average molecular weight is 574 g/mol. The number of hydrazine groups is 1. The zero-order valence-electron chi connectivity index (χ0n) is 22.9. The van der Waals surface area contributed by atoms with Gasteiger partial charge in [-0.2, -0.15) is 13.2 Å². The highest BCUT2D eigenvalue weighted by Gasteiger charge is 2.37. The van der Waals surface area contributed by atoms with Gasteiger partial charge in [0.2, 0.25) is 0 Å². The smallest absolute Gasteiger partial charge is 0.434 e. The Balaban J connectivity index is 1.36. The summed E-state index contributed by atoms with van der Waals surface area (Å²) < 4.78 is 50.6. The summed E-state index contributed by atoms with van der Waals surface area (Å²) in [6.07, 6.45) is 5.33. The number of ether oxygens (including phenoxy) is 1. The lowest BCUT2D eigenvalue weighted by atomic mass is 9.89. The minimum atomic E-state index is -4.55. The number of oxazole rings is 1. The van der Waals surface area contributed by atoms with Crippen molar-refractivity contribution in [1.29, 1.82) is 0 Å². The monoisotopic (exact) mass is 573 g/mol. The molecule has 1 amide bonds. The molecule has 5 rings (SSSR count). The van der Waals surface area contributed by atoms with Crippen LogP contribution >= 0.6 is 0 Å². The van der Waals surface area contributed by atoms with E-state index in [4.69, 9.17) is 9.15 Å². The Morgan fingerprint density at radius 1 is 1.07 bits per heavy atom. The molecule has 3 heterocycles. The van der Waals surface area contributed by atoms with Gasteiger partial charge in [0, 0.05) is 24.3 Å². The second-order valence-electron chi connectivity index (χ2n) is 10.2. The minimum absolute atomic E-state index is 0.0830. The average Bonchev–Trinajstić information content (AvgIpc) is 3.43. The highest BCUT2D eigenvalue weighted by atomic mass is 19.4. The van der Waals surface area contributed by atoms with Crippen molar-refractivity contribution >= 4 is 23.6 Å². The van der Waals surface area contributed by atoms with E-state index >= 15 is 0 Å². The van der Waals surface area contributed by atoms with E-state index in [1.54, 1.807) is 31.3 Å². The number of nitrogens with one attached hydrogen (secondary N) is 2. The van der Waals surface area contributed by atoms with Gasteiger partial charge in [0.25, 0.3) is 6.01 Å². The number of hydrogen-bond donors (Lipinski definition) is 2. The quantitative estimate of drug-likeness (QED) is 0.319. The topological polar surface area (TPSA) is 109 Å². The van der Waals surface area contributed by atoms with Gasteiger partial charge in [-0.3, -0.25) is 10.3 Å². The first-order valence-electron chi connectivity index (χ1n) is 14.0. The molecule has 2 aromatic heterocycles. The molecule has 13 heteroatoms. The molecule has 2 N–H and O–H groups in total. The van der Waals surface area contributed by atoms with Crippen molar-refractivity contribution in [3.63, 3.8) is 0 Å². The Kier molecular flexibility index (Phi) is 8.91. The second-order valence-corrected chi connectivity index (χ2v) is 10.2. The molecule has 3 aromatic rings. The lowest BCUT2D eigenvalue weighted by molar-refractivity contribution is -0.141. The summed E-state index contributed by atoms with van der Waals surface area (Å²) in [5, 5.41) is 10.4. The van der Waals surface area contributed by atoms with Crippen molar-refractivity contribution in [2.45, 2.75) is 70.1 Å². The second kappa shape index (κ2) is 12.8. The van der Waals surface area contributed by atoms with Crippen LogP contribution in [-0.4, -0.2) is 57.8 Å². The summed E-state index contributed by atoms with van der Waals surface area (Å²) in [6.45, 7) is 3.60. The van der Waals surface area contributed by atoms with Crippen molar-refractivity contribution < 1.29 is 27.1 Å². The SMILES string of the molecule is CCOC(=O)Nc1cccc(-c2cnc(N[C@@H]3CCCC[C@H]3N(c3cnc(C(F)(F)F)cn3)N3CCCCC3)o2)c1. The Hall–Kier alpha value is -3.87. The number of alkyl halides is 3. The summed E-state index contributed by atoms with van der Waals surface area (Å²) in [6, 6.07) is 7.35. The number of piperidine rings is 1. The first-order chi connectivity index (χ1) is 19.8. The van der Waals surface area contributed by atoms with Crippen LogP contribution in [0.3, 0.4) is 0 Å². The largest absolute Gasteiger partial charge is 0.450 e. The zero-order valence-corrected chi connectivity index (χ0v) is 22.9. The maximum absolute atomic E-state index is 13.2. The Bertz CT molecular complexity index is 1300. The van der Waals surface area contributed by atoms with Crippen molar-refractivity contribution in [3.8, 4) is 11.3 Å². The van der Waals surface area contributed by atoms with E-state index in [-0.39, 0.29) is 18.7 Å². The fourth-order valence-electron chi connectivity index (χ4n) is 5.44. The lowest BCUT2D eigenvalue weighted by Crippen LogP contribution is -2.58. The standard InChI is InChI=1S/C28H34F3N7O3/c1-2-40-27(39)35-20-10-8-9-19(15-20)23-16-34-26(41-23)36-21-11-4-5-12-22(21)38(37-13-6-3-7-14-37)25-18-32-24(17-33-25)28(29,30)31/h8-10,15-18,21-22H,2-7,11-14H2,1H3,(H,34,36)(H,35,39)/t21-,22-/m1/s1. The molecule has 0 unspecified atom stereocenters. The molecule has 1 saturated carbocycles. The third-order valence-electron chi connectivity index (χ3n) is 7.33. The summed E-state index contributed by atoms with van der Waals surface area (Å²) >= 11 is 0. The van der Waals surface area contributed by atoms with E-state index < -0.39 is 18.0 Å². The number of aromatic nitrogens is 3. The van der Waals surface area contributed by atoms with Gasteiger partial charge in [-0.15, -0.1) is 0 Å². The van der Waals surface area contributed by atoms with E-state index in [1.165, 1.54) is 6.20 Å². The van der Waals surface area contributed by atoms with Gasteiger partial charge in [-0.05, 0) is 44.7 Å². The van der Waals surface area contributed by atoms with Gasteiger partial charge >= 0.3 is 12.3 Å². The first-order valence-corrected chi connectivity index (χ1v) is 14.0. The Morgan fingerprint density at radius 3 is 2.61 bits per heavy atom. The van der Waals surface area contributed by atoms with E-state index in [1.807, 2.05) is 11.1 Å². The minimum Gasteiger partial charge on any atom is -0.450 e. The number of halogens is 3. The van der Waals surface area contributed by atoms with Crippen LogP contribution in [0.4, 0.5) is 35.5 Å². The molecule has 220 valence electrons. The summed E-state index contributed by atoms with van der Waals surface area (Å²) in [4.78, 5) is 24.2. The molecule has 0 spiro atoms. The molecule has 1 aliphatic carbocycles. The molecular weight excluding hydrogens is 539 g/mol. The van der Waals surface area contributed by atoms with E-state index in [9.17, 15) is 18.0 Å². The number of nitrogens with zero attached hydrogens (tertiary/aromatic N) is 5. The first kappa shape index (κ1) is 28.7. The Labute approximate surface area is 236 Å². The van der Waals surface area contributed by atoms with Crippen LogP contribution in [-0.2, 0) is 10.9 Å². The predicted octanol–water partition coefficient (Wildman–Crippen LogP) is 6.35. The number of benzene rings is 1. The summed E-state index contributed by atoms with van der Waals surface area (Å²) in [5.41, 5.74) is 0.288. The lowest BCUT2D eigenvalue weighted by Gasteiger charge is -2.47. The molecule has 1 saturated heterocycles. The fraction of sp³-hybridized carbons (Fsp3) is 0.500. The number of amides is 1. The van der Waals surface area contributed by atoms with Gasteiger partial charge in [0.05, 0.1) is 37.3 Å². The van der Waals surface area contributed by atoms with E-state index in [0.717, 1.165) is 69.8 Å². The third-order valence-corrected chi connectivity index (χ3v) is 7.33. The predicted molar refractivity (Wildman–Crippen MR) is 147 cm³/mol. The number of rotatable bonds is 8. The molecule has 2 fully saturated rings. The van der Waals surface area contributed by atoms with Crippen LogP contribution in [0.15, 0.2) is 47.3 Å². The summed E-state index contributed by atoms with van der Waals surface area (Å²) in [5.74, 6) is 0.923. The maximum atomic E-state index is 13.2. The van der Waals surface area contributed by atoms with E-state index in [2.05, 4.69) is 30.6 Å². The van der Waals surface area contributed by atoms with E-state index in [0.29, 0.717) is 23.3 Å². The van der Waals surface area contributed by atoms with Crippen LogP contribution < -0.4 is 15.6 Å². The van der Waals surface area contributed by atoms with Crippen LogP contribution in [0, 0.1) is 0 Å². The van der Waals surface area contributed by atoms with Gasteiger partial charge in [0.15, 0.2) is 17.3 Å². The van der Waals surface area contributed by atoms with Gasteiger partial charge < -0.3 is 14.5 Å². The normalized spacial score (nSPS) is 19.9. The fourth-order valence-corrected chi connectivity index (χ4v) is 5.44. The highest BCUT2D eigenvalue weighted by molar-refractivity contribution is 5.85. The molecular formula is C28H34F3N7O3. The van der Waals surface area contributed by atoms with Crippen LogP contribution in [0.5, 0.6) is 0 Å². The van der Waals surface area contributed by atoms with Crippen LogP contribution in [0.1, 0.15) is 57.6 Å². The van der Waals surface area contributed by atoms with Gasteiger partial charge in [-0.1, -0.05) is 31.4 Å². The number of anilines is 3. The van der Waals surface area contributed by atoms with Gasteiger partial charge in [-0.25, -0.2) is 24.8 Å². The molecule has 1 aliphatic heterocycles. The molecule has 41 heavy (non-hydrogen) atoms. The number of carbonyl (C=O) groups excluding carboxylic acids is 1.